The lowest BCUT2D eigenvalue weighted by atomic mass is 10.1. The number of nitrogens with one attached hydrogen (secondary N) is 1. The Morgan fingerprint density at radius 3 is 2.79 bits per heavy atom. The van der Waals surface area contributed by atoms with Crippen LogP contribution in [0, 0.1) is 0 Å². The summed E-state index contributed by atoms with van der Waals surface area (Å²) in [4.78, 5) is 4.37. The highest BCUT2D eigenvalue weighted by Crippen LogP contribution is 2.17. The normalized spacial score (nSPS) is 17.3. The first-order valence-electron chi connectivity index (χ1n) is 8.47. The van der Waals surface area contributed by atoms with E-state index in [9.17, 15) is 5.11 Å². The lowest BCUT2D eigenvalue weighted by Gasteiger charge is -2.29. The van der Waals surface area contributed by atoms with Crippen LogP contribution in [0.15, 0.2) is 36.4 Å². The van der Waals surface area contributed by atoms with E-state index in [0.29, 0.717) is 13.1 Å². The Morgan fingerprint density at radius 2 is 2.04 bits per heavy atom. The quantitative estimate of drug-likeness (QED) is 0.799. The van der Waals surface area contributed by atoms with Crippen molar-refractivity contribution < 1.29 is 9.84 Å². The zero-order valence-electron chi connectivity index (χ0n) is 14.2. The van der Waals surface area contributed by atoms with Crippen LogP contribution in [0.25, 0.3) is 11.3 Å². The summed E-state index contributed by atoms with van der Waals surface area (Å²) in [6.45, 7) is 5.41. The fraction of sp³-hybridized carbons (Fsp3) is 0.500. The molecule has 0 radical (unpaired) electrons. The fourth-order valence-corrected chi connectivity index (χ4v) is 3.05. The van der Waals surface area contributed by atoms with Crippen LogP contribution in [-0.4, -0.2) is 77.6 Å². The molecule has 2 aromatic rings. The second-order valence-corrected chi connectivity index (χ2v) is 6.41. The first kappa shape index (κ1) is 17.1. The third-order valence-corrected chi connectivity index (χ3v) is 4.24. The Labute approximate surface area is 143 Å². The van der Waals surface area contributed by atoms with Gasteiger partial charge in [-0.3, -0.25) is 14.9 Å². The molecule has 1 atom stereocenters. The zero-order chi connectivity index (χ0) is 16.8. The minimum atomic E-state index is -0.357. The van der Waals surface area contributed by atoms with E-state index in [0.717, 1.165) is 49.8 Å². The predicted octanol–water partition coefficient (Wildman–Crippen LogP) is 1.20. The minimum absolute atomic E-state index is 0.357. The highest BCUT2D eigenvalue weighted by molar-refractivity contribution is 5.58. The number of rotatable bonds is 7. The van der Waals surface area contributed by atoms with E-state index >= 15 is 0 Å². The monoisotopic (exact) mass is 330 g/mol. The summed E-state index contributed by atoms with van der Waals surface area (Å²) in [5.41, 5.74) is 3.11. The van der Waals surface area contributed by atoms with Gasteiger partial charge in [0.2, 0.25) is 0 Å². The van der Waals surface area contributed by atoms with E-state index in [1.807, 2.05) is 25.2 Å². The molecular formula is C18H26N4O2. The maximum Gasteiger partial charge on any atom is 0.0924 e. The minimum Gasteiger partial charge on any atom is -0.390 e. The molecule has 3 rings (SSSR count). The molecule has 0 spiro atoms. The van der Waals surface area contributed by atoms with Crippen molar-refractivity contribution in [2.24, 2.45) is 0 Å². The second kappa shape index (κ2) is 8.39. The molecule has 24 heavy (non-hydrogen) atoms. The Bertz CT molecular complexity index is 610. The average molecular weight is 330 g/mol. The van der Waals surface area contributed by atoms with Crippen LogP contribution in [0.1, 0.15) is 5.69 Å². The van der Waals surface area contributed by atoms with Crippen molar-refractivity contribution in [2.45, 2.75) is 12.6 Å². The van der Waals surface area contributed by atoms with Gasteiger partial charge < -0.3 is 9.84 Å². The maximum atomic E-state index is 10.3. The lowest BCUT2D eigenvalue weighted by molar-refractivity contribution is 0.00819. The number of aliphatic hydroxyl groups excluding tert-OH is 1. The van der Waals surface area contributed by atoms with Crippen LogP contribution in [0.2, 0.25) is 0 Å². The molecule has 6 heteroatoms. The number of ether oxygens (including phenoxy) is 1. The highest BCUT2D eigenvalue weighted by Gasteiger charge is 2.16. The molecule has 2 N–H and O–H groups in total. The number of hydrogen-bond acceptors (Lipinski definition) is 5. The molecule has 0 aliphatic carbocycles. The molecule has 0 amide bonds. The third kappa shape index (κ3) is 4.88. The number of aromatic amines is 1. The summed E-state index contributed by atoms with van der Waals surface area (Å²) in [5, 5.41) is 17.7. The van der Waals surface area contributed by atoms with E-state index < -0.39 is 0 Å². The first-order valence-corrected chi connectivity index (χ1v) is 8.47. The van der Waals surface area contributed by atoms with Gasteiger partial charge in [-0.15, -0.1) is 0 Å². The number of H-pyrrole nitrogens is 1. The number of β-amino-alcohol motifs (C(OH)–C–C–N with tert-alkyl or cyclic N) is 1. The molecular weight excluding hydrogens is 304 g/mol. The largest absolute Gasteiger partial charge is 0.390 e. The molecule has 0 saturated carbocycles. The molecule has 1 fully saturated rings. The second-order valence-electron chi connectivity index (χ2n) is 6.41. The van der Waals surface area contributed by atoms with Crippen LogP contribution in [-0.2, 0) is 11.3 Å². The van der Waals surface area contributed by atoms with Crippen molar-refractivity contribution in [3.05, 3.63) is 42.1 Å². The van der Waals surface area contributed by atoms with Gasteiger partial charge >= 0.3 is 0 Å². The van der Waals surface area contributed by atoms with Gasteiger partial charge in [-0.05, 0) is 13.1 Å². The molecule has 1 saturated heterocycles. The summed E-state index contributed by atoms with van der Waals surface area (Å²) in [7, 11) is 2.02. The predicted molar refractivity (Wildman–Crippen MR) is 93.6 cm³/mol. The Kier molecular flexibility index (Phi) is 5.98. The summed E-state index contributed by atoms with van der Waals surface area (Å²) in [6.07, 6.45) is -0.357. The van der Waals surface area contributed by atoms with Gasteiger partial charge in [0.25, 0.3) is 0 Å². The standard InChI is InChI=1S/C18H26N4O2/c1-21(13-17(23)14-22-7-9-24-10-8-22)12-16-11-18(20-19-16)15-5-3-2-4-6-15/h2-6,11,17,23H,7-10,12-14H2,1H3,(H,19,20). The SMILES string of the molecule is CN(Cc1cc(-c2ccccc2)n[nH]1)CC(O)CN1CCOCC1. The van der Waals surface area contributed by atoms with Gasteiger partial charge in [-0.25, -0.2) is 0 Å². The molecule has 1 aliphatic heterocycles. The van der Waals surface area contributed by atoms with Crippen molar-refractivity contribution in [1.82, 2.24) is 20.0 Å². The molecule has 0 bridgehead atoms. The van der Waals surface area contributed by atoms with E-state index in [1.54, 1.807) is 0 Å². The first-order chi connectivity index (χ1) is 11.7. The molecule has 6 nitrogen and oxygen atoms in total. The van der Waals surface area contributed by atoms with Gasteiger partial charge in [0.1, 0.15) is 0 Å². The number of likely N-dealkylation sites (N-methyl/N-ethyl adjacent to an activating group) is 1. The summed E-state index contributed by atoms with van der Waals surface area (Å²) in [5.74, 6) is 0. The number of nitrogens with zero attached hydrogens (tertiary/aromatic N) is 3. The van der Waals surface area contributed by atoms with Crippen molar-refractivity contribution >= 4 is 0 Å². The average Bonchev–Trinajstić information content (AvgIpc) is 3.04. The lowest BCUT2D eigenvalue weighted by Crippen LogP contribution is -2.43. The third-order valence-electron chi connectivity index (χ3n) is 4.24. The van der Waals surface area contributed by atoms with Gasteiger partial charge in [-0.1, -0.05) is 30.3 Å². The molecule has 1 aromatic heterocycles. The van der Waals surface area contributed by atoms with Crippen molar-refractivity contribution in [2.75, 3.05) is 46.4 Å². The number of aromatic nitrogens is 2. The molecule has 1 unspecified atom stereocenters. The smallest absolute Gasteiger partial charge is 0.0924 e. The molecule has 2 heterocycles. The van der Waals surface area contributed by atoms with Gasteiger partial charge in [0.15, 0.2) is 0 Å². The zero-order valence-corrected chi connectivity index (χ0v) is 14.2. The molecule has 130 valence electrons. The Morgan fingerprint density at radius 1 is 1.29 bits per heavy atom. The Balaban J connectivity index is 1.48. The van der Waals surface area contributed by atoms with Gasteiger partial charge in [0, 0.05) is 44.0 Å². The van der Waals surface area contributed by atoms with E-state index in [1.165, 1.54) is 0 Å². The number of hydrogen-bond donors (Lipinski definition) is 2. The summed E-state index contributed by atoms with van der Waals surface area (Å²) >= 11 is 0. The van der Waals surface area contributed by atoms with Crippen LogP contribution in [0.3, 0.4) is 0 Å². The number of aliphatic hydroxyl groups is 1. The van der Waals surface area contributed by atoms with Crippen LogP contribution >= 0.6 is 0 Å². The van der Waals surface area contributed by atoms with Gasteiger partial charge in [-0.2, -0.15) is 5.10 Å². The highest BCUT2D eigenvalue weighted by atomic mass is 16.5. The topological polar surface area (TPSA) is 64.6 Å². The van der Waals surface area contributed by atoms with Gasteiger partial charge in [0.05, 0.1) is 25.0 Å². The van der Waals surface area contributed by atoms with Crippen LogP contribution in [0.5, 0.6) is 0 Å². The van der Waals surface area contributed by atoms with E-state index in [2.05, 4.69) is 38.2 Å². The van der Waals surface area contributed by atoms with Crippen LogP contribution in [0.4, 0.5) is 0 Å². The fourth-order valence-electron chi connectivity index (χ4n) is 3.05. The molecule has 1 aliphatic rings. The van der Waals surface area contributed by atoms with Crippen molar-refractivity contribution in [1.29, 1.82) is 0 Å². The summed E-state index contributed by atoms with van der Waals surface area (Å²) in [6, 6.07) is 12.2. The maximum absolute atomic E-state index is 10.3. The van der Waals surface area contributed by atoms with E-state index in [4.69, 9.17) is 4.74 Å². The molecule has 1 aromatic carbocycles. The Hall–Kier alpha value is -1.73. The number of morpholine rings is 1. The van der Waals surface area contributed by atoms with Crippen molar-refractivity contribution in [3.8, 4) is 11.3 Å². The van der Waals surface area contributed by atoms with Crippen molar-refractivity contribution in [3.63, 3.8) is 0 Å². The summed E-state index contributed by atoms with van der Waals surface area (Å²) < 4.78 is 5.34. The van der Waals surface area contributed by atoms with E-state index in [-0.39, 0.29) is 6.10 Å². The van der Waals surface area contributed by atoms with Crippen LogP contribution < -0.4 is 0 Å². The number of benzene rings is 1.